The second kappa shape index (κ2) is 7.83. The second-order valence-corrected chi connectivity index (χ2v) is 7.03. The highest BCUT2D eigenvalue weighted by atomic mass is 16.5. The summed E-state index contributed by atoms with van der Waals surface area (Å²) in [4.78, 5) is 31.0. The molecule has 150 valence electrons. The van der Waals surface area contributed by atoms with Crippen LogP contribution in [0.5, 0.6) is 5.75 Å². The summed E-state index contributed by atoms with van der Waals surface area (Å²) in [6.07, 6.45) is 0. The van der Waals surface area contributed by atoms with Gasteiger partial charge in [-0.3, -0.25) is 15.0 Å². The van der Waals surface area contributed by atoms with Crippen LogP contribution in [-0.2, 0) is 0 Å². The van der Waals surface area contributed by atoms with Crippen molar-refractivity contribution in [2.24, 2.45) is 0 Å². The van der Waals surface area contributed by atoms with E-state index in [0.717, 1.165) is 16.7 Å². The van der Waals surface area contributed by atoms with Gasteiger partial charge in [0.05, 0.1) is 23.6 Å². The molecule has 1 N–H and O–H groups in total. The Bertz CT molecular complexity index is 1330. The fourth-order valence-electron chi connectivity index (χ4n) is 3.30. The predicted molar refractivity (Wildman–Crippen MR) is 118 cm³/mol. The molecule has 1 amide bonds. The molecule has 1 heterocycles. The summed E-state index contributed by atoms with van der Waals surface area (Å²) in [6.45, 7) is 4.01. The third-order valence-corrected chi connectivity index (χ3v) is 5.11. The molecule has 30 heavy (non-hydrogen) atoms. The Morgan fingerprint density at radius 1 is 0.967 bits per heavy atom. The fourth-order valence-corrected chi connectivity index (χ4v) is 3.30. The van der Waals surface area contributed by atoms with Crippen molar-refractivity contribution in [2.75, 3.05) is 12.5 Å². The molecule has 0 saturated carbocycles. The van der Waals surface area contributed by atoms with Gasteiger partial charge in [-0.05, 0) is 55.3 Å². The van der Waals surface area contributed by atoms with E-state index in [4.69, 9.17) is 4.74 Å². The van der Waals surface area contributed by atoms with Gasteiger partial charge in [0.25, 0.3) is 11.5 Å². The molecule has 0 spiro atoms. The molecule has 0 unspecified atom stereocenters. The maximum atomic E-state index is 13.3. The Kier molecular flexibility index (Phi) is 5.06. The summed E-state index contributed by atoms with van der Waals surface area (Å²) in [5.41, 5.74) is 6.20. The van der Waals surface area contributed by atoms with Crippen LogP contribution in [0.4, 0.5) is 0 Å². The number of nitrogens with one attached hydrogen (secondary N) is 1. The summed E-state index contributed by atoms with van der Waals surface area (Å²) in [5.74, 6) is 0.325. The Balaban J connectivity index is 1.91. The van der Waals surface area contributed by atoms with Crippen LogP contribution >= 0.6 is 0 Å². The van der Waals surface area contributed by atoms with Gasteiger partial charge < -0.3 is 4.74 Å². The molecule has 0 atom stereocenters. The number of rotatable bonds is 4. The third kappa shape index (κ3) is 3.43. The van der Waals surface area contributed by atoms with Gasteiger partial charge in [0.2, 0.25) is 0 Å². The molecule has 0 bridgehead atoms. The average molecular weight is 399 g/mol. The molecule has 6 nitrogen and oxygen atoms in total. The molecular weight excluding hydrogens is 378 g/mol. The maximum Gasteiger partial charge on any atom is 0.280 e. The first-order valence-corrected chi connectivity index (χ1v) is 9.53. The zero-order chi connectivity index (χ0) is 21.3. The van der Waals surface area contributed by atoms with Crippen molar-refractivity contribution in [1.29, 1.82) is 0 Å². The number of fused-ring (bicyclic) bond motifs is 1. The number of aryl methyl sites for hydroxylation is 2. The fraction of sp³-hybridized carbons (Fsp3) is 0.125. The van der Waals surface area contributed by atoms with E-state index in [0.29, 0.717) is 28.0 Å². The lowest BCUT2D eigenvalue weighted by atomic mass is 10.1. The Morgan fingerprint density at radius 3 is 2.47 bits per heavy atom. The van der Waals surface area contributed by atoms with Gasteiger partial charge in [0.1, 0.15) is 5.75 Å². The zero-order valence-electron chi connectivity index (χ0n) is 17.0. The highest BCUT2D eigenvalue weighted by Crippen LogP contribution is 2.22. The number of nitrogens with zero attached hydrogens (tertiary/aromatic N) is 2. The number of carbonyl (C=O) groups is 1. The van der Waals surface area contributed by atoms with E-state index in [-0.39, 0.29) is 5.56 Å². The van der Waals surface area contributed by atoms with Crippen LogP contribution in [0.15, 0.2) is 71.5 Å². The smallest absolute Gasteiger partial charge is 0.280 e. The minimum Gasteiger partial charge on any atom is -0.496 e. The first kappa shape index (κ1) is 19.4. The van der Waals surface area contributed by atoms with Crippen molar-refractivity contribution in [3.05, 3.63) is 93.8 Å². The number of aromatic nitrogens is 2. The van der Waals surface area contributed by atoms with Gasteiger partial charge in [-0.15, -0.1) is 0 Å². The van der Waals surface area contributed by atoms with Crippen LogP contribution in [0.1, 0.15) is 21.5 Å². The van der Waals surface area contributed by atoms with Gasteiger partial charge in [0.15, 0.2) is 5.82 Å². The van der Waals surface area contributed by atoms with Crippen molar-refractivity contribution >= 4 is 16.8 Å². The first-order chi connectivity index (χ1) is 14.5. The van der Waals surface area contributed by atoms with E-state index >= 15 is 0 Å². The van der Waals surface area contributed by atoms with Crippen molar-refractivity contribution in [2.45, 2.75) is 13.8 Å². The monoisotopic (exact) mass is 399 g/mol. The summed E-state index contributed by atoms with van der Waals surface area (Å²) in [5, 5.41) is 0.422. The SMILES string of the molecule is COc1ccccc1C(=O)Nn1c(-c2ccc(C)c(C)c2)nc2ccccc2c1=O. The number of hydrogen-bond acceptors (Lipinski definition) is 4. The molecule has 0 fully saturated rings. The van der Waals surface area contributed by atoms with Crippen molar-refractivity contribution < 1.29 is 9.53 Å². The highest BCUT2D eigenvalue weighted by molar-refractivity contribution is 6.02. The molecule has 0 aliphatic heterocycles. The van der Waals surface area contributed by atoms with Crippen LogP contribution in [0.25, 0.3) is 22.3 Å². The van der Waals surface area contributed by atoms with Crippen LogP contribution in [-0.4, -0.2) is 22.7 Å². The summed E-state index contributed by atoms with van der Waals surface area (Å²) >= 11 is 0. The predicted octanol–water partition coefficient (Wildman–Crippen LogP) is 4.07. The Hall–Kier alpha value is -3.93. The quantitative estimate of drug-likeness (QED) is 0.561. The molecule has 1 aromatic heterocycles. The number of amides is 1. The number of hydrogen-bond donors (Lipinski definition) is 1. The van der Waals surface area contributed by atoms with Crippen LogP contribution in [0, 0.1) is 13.8 Å². The molecule has 4 aromatic rings. The zero-order valence-corrected chi connectivity index (χ0v) is 17.0. The normalized spacial score (nSPS) is 10.8. The third-order valence-electron chi connectivity index (χ3n) is 5.11. The van der Waals surface area contributed by atoms with Gasteiger partial charge in [-0.2, -0.15) is 4.68 Å². The lowest BCUT2D eigenvalue weighted by molar-refractivity contribution is 0.100. The minimum absolute atomic E-state index is 0.325. The molecule has 0 aliphatic carbocycles. The van der Waals surface area contributed by atoms with Crippen LogP contribution < -0.4 is 15.7 Å². The maximum absolute atomic E-state index is 13.3. The summed E-state index contributed by atoms with van der Waals surface area (Å²) in [6, 6.07) is 19.8. The van der Waals surface area contributed by atoms with Crippen LogP contribution in [0.3, 0.4) is 0 Å². The van der Waals surface area contributed by atoms with E-state index in [1.165, 1.54) is 11.8 Å². The van der Waals surface area contributed by atoms with Crippen LogP contribution in [0.2, 0.25) is 0 Å². The molecule has 4 rings (SSSR count). The number of ether oxygens (including phenoxy) is 1. The average Bonchev–Trinajstić information content (AvgIpc) is 2.77. The molecule has 3 aromatic carbocycles. The summed E-state index contributed by atoms with van der Waals surface area (Å²) < 4.78 is 6.49. The van der Waals surface area contributed by atoms with Crippen molar-refractivity contribution in [1.82, 2.24) is 9.66 Å². The molecular formula is C24H21N3O3. The molecule has 0 aliphatic rings. The van der Waals surface area contributed by atoms with Gasteiger partial charge >= 0.3 is 0 Å². The van der Waals surface area contributed by atoms with Gasteiger partial charge in [-0.1, -0.05) is 36.4 Å². The topological polar surface area (TPSA) is 73.2 Å². The standard InChI is InChI=1S/C24H21N3O3/c1-15-12-13-17(14-16(15)2)22-25-20-10-6-4-8-18(20)24(29)27(22)26-23(28)19-9-5-7-11-21(19)30-3/h4-14H,1-3H3,(H,26,28). The molecule has 0 radical (unpaired) electrons. The van der Waals surface area contributed by atoms with Gasteiger partial charge in [0, 0.05) is 5.56 Å². The largest absolute Gasteiger partial charge is 0.496 e. The second-order valence-electron chi connectivity index (χ2n) is 7.03. The molecule has 6 heteroatoms. The van der Waals surface area contributed by atoms with E-state index in [1.807, 2.05) is 38.1 Å². The Morgan fingerprint density at radius 2 is 1.70 bits per heavy atom. The number of carbonyl (C=O) groups excluding carboxylic acids is 1. The number of methoxy groups -OCH3 is 1. The van der Waals surface area contributed by atoms with Gasteiger partial charge in [-0.25, -0.2) is 4.98 Å². The lowest BCUT2D eigenvalue weighted by Crippen LogP contribution is -2.35. The van der Waals surface area contributed by atoms with Crippen molar-refractivity contribution in [3.8, 4) is 17.1 Å². The number of benzene rings is 3. The van der Waals surface area contributed by atoms with E-state index < -0.39 is 5.91 Å². The number of para-hydroxylation sites is 2. The van der Waals surface area contributed by atoms with E-state index in [9.17, 15) is 9.59 Å². The highest BCUT2D eigenvalue weighted by Gasteiger charge is 2.18. The minimum atomic E-state index is -0.461. The molecule has 0 saturated heterocycles. The summed E-state index contributed by atoms with van der Waals surface area (Å²) in [7, 11) is 1.50. The van der Waals surface area contributed by atoms with E-state index in [2.05, 4.69) is 10.4 Å². The van der Waals surface area contributed by atoms with E-state index in [1.54, 1.807) is 42.5 Å². The Labute approximate surface area is 173 Å². The van der Waals surface area contributed by atoms with Crippen molar-refractivity contribution in [3.63, 3.8) is 0 Å². The lowest BCUT2D eigenvalue weighted by Gasteiger charge is -2.16. The first-order valence-electron chi connectivity index (χ1n) is 9.53.